The van der Waals surface area contributed by atoms with Crippen molar-refractivity contribution >= 4 is 11.9 Å². The first-order valence-electron chi connectivity index (χ1n) is 4.02. The number of hydrogen-bond acceptors (Lipinski definition) is 4. The van der Waals surface area contributed by atoms with Crippen LogP contribution >= 0.6 is 0 Å². The standard InChI is InChI=1S/C8H12O4.2Li/c9-6(10)8(7(11)12)4-2-1-3-5-8;;/h1-5H2,(H,9,10)(H,11,12);;/q;2*+1/p-2. The van der Waals surface area contributed by atoms with Gasteiger partial charge in [0.05, 0.1) is 11.9 Å². The summed E-state index contributed by atoms with van der Waals surface area (Å²) in [6, 6.07) is 0. The summed E-state index contributed by atoms with van der Waals surface area (Å²) in [5.74, 6) is -3.00. The van der Waals surface area contributed by atoms with Gasteiger partial charge in [-0.05, 0) is 12.8 Å². The summed E-state index contributed by atoms with van der Waals surface area (Å²) in [5, 5.41) is 21.2. The summed E-state index contributed by atoms with van der Waals surface area (Å²) < 4.78 is 0. The van der Waals surface area contributed by atoms with E-state index in [1.165, 1.54) is 0 Å². The molecule has 0 N–H and O–H groups in total. The fourth-order valence-electron chi connectivity index (χ4n) is 1.65. The maximum Gasteiger partial charge on any atom is 1.00 e. The molecule has 4 nitrogen and oxygen atoms in total. The van der Waals surface area contributed by atoms with Crippen LogP contribution in [-0.2, 0) is 9.59 Å². The van der Waals surface area contributed by atoms with Crippen LogP contribution in [0.5, 0.6) is 0 Å². The summed E-state index contributed by atoms with van der Waals surface area (Å²) in [4.78, 5) is 21.2. The molecule has 0 radical (unpaired) electrons. The number of carbonyl (C=O) groups is 2. The second kappa shape index (κ2) is 6.59. The van der Waals surface area contributed by atoms with Crippen LogP contribution in [0, 0.1) is 5.41 Å². The minimum Gasteiger partial charge on any atom is -0.549 e. The molecule has 0 aliphatic heterocycles. The van der Waals surface area contributed by atoms with E-state index in [1.807, 2.05) is 0 Å². The van der Waals surface area contributed by atoms with E-state index in [9.17, 15) is 19.8 Å². The zero-order valence-electron chi connectivity index (χ0n) is 8.67. The Morgan fingerprint density at radius 2 is 1.21 bits per heavy atom. The Balaban J connectivity index is 0. The molecule has 0 atom stereocenters. The van der Waals surface area contributed by atoms with E-state index in [2.05, 4.69) is 0 Å². The van der Waals surface area contributed by atoms with Gasteiger partial charge in [0.15, 0.2) is 0 Å². The van der Waals surface area contributed by atoms with Crippen LogP contribution in [0.15, 0.2) is 0 Å². The molecule has 0 amide bonds. The van der Waals surface area contributed by atoms with Crippen molar-refractivity contribution in [1.82, 2.24) is 0 Å². The molecule has 0 spiro atoms. The van der Waals surface area contributed by atoms with Gasteiger partial charge in [0.1, 0.15) is 0 Å². The maximum atomic E-state index is 10.6. The summed E-state index contributed by atoms with van der Waals surface area (Å²) in [7, 11) is 0. The van der Waals surface area contributed by atoms with E-state index in [4.69, 9.17) is 0 Å². The average molecular weight is 184 g/mol. The zero-order valence-corrected chi connectivity index (χ0v) is 8.67. The van der Waals surface area contributed by atoms with Crippen LogP contribution in [0.25, 0.3) is 0 Å². The predicted molar refractivity (Wildman–Crippen MR) is 35.5 cm³/mol. The fourth-order valence-corrected chi connectivity index (χ4v) is 1.65. The summed E-state index contributed by atoms with van der Waals surface area (Å²) in [6.07, 6.45) is 2.45. The van der Waals surface area contributed by atoms with Crippen molar-refractivity contribution < 1.29 is 57.5 Å². The van der Waals surface area contributed by atoms with E-state index in [0.717, 1.165) is 6.42 Å². The molecule has 1 saturated carbocycles. The molecule has 0 aromatic rings. The summed E-state index contributed by atoms with van der Waals surface area (Å²) in [6.45, 7) is 0. The third-order valence-electron chi connectivity index (χ3n) is 2.49. The average Bonchev–Trinajstić information content (AvgIpc) is 2.05. The Kier molecular flexibility index (Phi) is 7.79. The number of carboxylic acid groups (broad SMARTS) is 2. The van der Waals surface area contributed by atoms with E-state index in [0.29, 0.717) is 12.8 Å². The van der Waals surface area contributed by atoms with E-state index < -0.39 is 17.4 Å². The molecule has 68 valence electrons. The molecule has 0 aromatic carbocycles. The smallest absolute Gasteiger partial charge is 0.549 e. The molecular weight excluding hydrogens is 174 g/mol. The van der Waals surface area contributed by atoms with Crippen molar-refractivity contribution in [1.29, 1.82) is 0 Å². The minimum absolute atomic E-state index is 0. The largest absolute Gasteiger partial charge is 1.00 e. The molecule has 1 aliphatic rings. The molecule has 0 bridgehead atoms. The molecule has 1 fully saturated rings. The normalized spacial score (nSPS) is 18.6. The third kappa shape index (κ3) is 3.07. The summed E-state index contributed by atoms with van der Waals surface area (Å²) in [5.41, 5.74) is -1.71. The van der Waals surface area contributed by atoms with Crippen molar-refractivity contribution in [2.45, 2.75) is 32.1 Å². The van der Waals surface area contributed by atoms with Crippen molar-refractivity contribution in [2.75, 3.05) is 0 Å². The van der Waals surface area contributed by atoms with Crippen molar-refractivity contribution in [3.63, 3.8) is 0 Å². The van der Waals surface area contributed by atoms with Gasteiger partial charge in [0, 0.05) is 5.41 Å². The predicted octanol–water partition coefficient (Wildman–Crippen LogP) is -7.56. The van der Waals surface area contributed by atoms with Gasteiger partial charge in [0.25, 0.3) is 0 Å². The monoisotopic (exact) mass is 184 g/mol. The topological polar surface area (TPSA) is 80.3 Å². The molecule has 14 heavy (non-hydrogen) atoms. The van der Waals surface area contributed by atoms with Crippen LogP contribution in [0.4, 0.5) is 0 Å². The van der Waals surface area contributed by atoms with Gasteiger partial charge < -0.3 is 19.8 Å². The van der Waals surface area contributed by atoms with E-state index in [1.54, 1.807) is 0 Å². The summed E-state index contributed by atoms with van der Waals surface area (Å²) >= 11 is 0. The molecule has 0 aromatic heterocycles. The molecule has 0 heterocycles. The first-order chi connectivity index (χ1) is 5.59. The number of aliphatic carboxylic acids is 2. The second-order valence-electron chi connectivity index (χ2n) is 3.22. The zero-order chi connectivity index (χ0) is 9.19. The van der Waals surface area contributed by atoms with Gasteiger partial charge in [-0.25, -0.2) is 0 Å². The Morgan fingerprint density at radius 1 is 0.857 bits per heavy atom. The molecule has 6 heteroatoms. The number of carboxylic acids is 2. The van der Waals surface area contributed by atoms with Gasteiger partial charge in [-0.15, -0.1) is 0 Å². The van der Waals surface area contributed by atoms with Crippen LogP contribution in [0.2, 0.25) is 0 Å². The SMILES string of the molecule is O=C([O-])C1(C(=O)[O-])CCCCC1.[Li+].[Li+]. The Bertz CT molecular complexity index is 195. The van der Waals surface area contributed by atoms with Gasteiger partial charge >= 0.3 is 37.7 Å². The van der Waals surface area contributed by atoms with E-state index >= 15 is 0 Å². The van der Waals surface area contributed by atoms with Gasteiger partial charge in [-0.1, -0.05) is 19.3 Å². The molecule has 1 aliphatic carbocycles. The van der Waals surface area contributed by atoms with Crippen LogP contribution in [-0.4, -0.2) is 11.9 Å². The van der Waals surface area contributed by atoms with Crippen molar-refractivity contribution in [3.8, 4) is 0 Å². The number of rotatable bonds is 2. The van der Waals surface area contributed by atoms with Gasteiger partial charge in [-0.2, -0.15) is 0 Å². The maximum absolute atomic E-state index is 10.6. The molecular formula is C8H10Li2O4. The van der Waals surface area contributed by atoms with Crippen LogP contribution in [0.1, 0.15) is 32.1 Å². The quantitative estimate of drug-likeness (QED) is 0.315. The van der Waals surface area contributed by atoms with Crippen molar-refractivity contribution in [2.24, 2.45) is 5.41 Å². The first kappa shape index (κ1) is 16.6. The van der Waals surface area contributed by atoms with E-state index in [-0.39, 0.29) is 50.6 Å². The van der Waals surface area contributed by atoms with Crippen molar-refractivity contribution in [3.05, 3.63) is 0 Å². The number of hydrogen-bond donors (Lipinski definition) is 0. The Morgan fingerprint density at radius 3 is 1.43 bits per heavy atom. The van der Waals surface area contributed by atoms with Crippen LogP contribution in [0.3, 0.4) is 0 Å². The van der Waals surface area contributed by atoms with Crippen LogP contribution < -0.4 is 47.9 Å². The van der Waals surface area contributed by atoms with Gasteiger partial charge in [0.2, 0.25) is 0 Å². The second-order valence-corrected chi connectivity index (χ2v) is 3.22. The first-order valence-corrected chi connectivity index (χ1v) is 4.02. The number of carbonyl (C=O) groups excluding carboxylic acids is 2. The van der Waals surface area contributed by atoms with Gasteiger partial charge in [-0.3, -0.25) is 0 Å². The fraction of sp³-hybridized carbons (Fsp3) is 0.750. The molecule has 1 rings (SSSR count). The Hall–Kier alpha value is 0.135. The molecule has 0 unspecified atom stereocenters. The molecule has 0 saturated heterocycles. The minimum atomic E-state index is -1.71. The Labute approximate surface area is 107 Å². The third-order valence-corrected chi connectivity index (χ3v) is 2.49.